The average Bonchev–Trinajstić information content (AvgIpc) is 2.43. The normalized spacial score (nSPS) is 10.4. The molecule has 0 aliphatic rings. The molecule has 0 bridgehead atoms. The third-order valence-corrected chi connectivity index (χ3v) is 2.73. The van der Waals surface area contributed by atoms with E-state index in [0.717, 1.165) is 24.2 Å². The van der Waals surface area contributed by atoms with Crippen molar-refractivity contribution in [3.05, 3.63) is 30.6 Å². The quantitative estimate of drug-likeness (QED) is 0.470. The molecule has 0 saturated heterocycles. The Morgan fingerprint density at radius 2 is 1.74 bits per heavy atom. The predicted molar refractivity (Wildman–Crippen MR) is 78.7 cm³/mol. The van der Waals surface area contributed by atoms with Crippen molar-refractivity contribution in [2.24, 2.45) is 0 Å². The fourth-order valence-corrected chi connectivity index (χ4v) is 1.62. The molecule has 0 fully saturated rings. The summed E-state index contributed by atoms with van der Waals surface area (Å²) in [5, 5.41) is 6.16. The number of aromatic nitrogens is 2. The lowest BCUT2D eigenvalue weighted by Gasteiger charge is -2.07. The molecule has 0 aliphatic heterocycles. The van der Waals surface area contributed by atoms with E-state index in [1.54, 1.807) is 18.5 Å². The maximum atomic E-state index is 5.78. The summed E-state index contributed by atoms with van der Waals surface area (Å²) in [6.45, 7) is 1.64. The van der Waals surface area contributed by atoms with Crippen LogP contribution in [0.1, 0.15) is 0 Å². The van der Waals surface area contributed by atoms with Gasteiger partial charge in [0.15, 0.2) is 0 Å². The van der Waals surface area contributed by atoms with Crippen LogP contribution in [-0.4, -0.2) is 30.1 Å². The molecule has 6 heteroatoms. The topological polar surface area (TPSA) is 102 Å². The van der Waals surface area contributed by atoms with Crippen molar-refractivity contribution >= 4 is 17.3 Å². The van der Waals surface area contributed by atoms with Gasteiger partial charge >= 0.3 is 0 Å². The molecule has 0 saturated carbocycles. The van der Waals surface area contributed by atoms with Gasteiger partial charge in [-0.3, -0.25) is 0 Å². The first-order valence-electron chi connectivity index (χ1n) is 6.06. The molecule has 0 atom stereocenters. The van der Waals surface area contributed by atoms with Crippen LogP contribution in [0.5, 0.6) is 0 Å². The number of rotatable bonds is 5. The zero-order chi connectivity index (χ0) is 13.7. The molecule has 1 heterocycles. The van der Waals surface area contributed by atoms with Crippen molar-refractivity contribution in [2.45, 2.75) is 0 Å². The Kier molecular flexibility index (Phi) is 4.15. The molecule has 1 aromatic carbocycles. The molecule has 6 nitrogen and oxygen atoms in total. The van der Waals surface area contributed by atoms with Gasteiger partial charge in [-0.15, -0.1) is 0 Å². The smallest absolute Gasteiger partial charge is 0.222 e. The molecule has 0 radical (unpaired) electrons. The third-order valence-electron chi connectivity index (χ3n) is 2.73. The molecule has 2 rings (SSSR count). The fraction of sp³-hybridized carbons (Fsp3) is 0.231. The highest BCUT2D eigenvalue weighted by atomic mass is 15.1. The van der Waals surface area contributed by atoms with Crippen LogP contribution in [0.2, 0.25) is 0 Å². The van der Waals surface area contributed by atoms with E-state index in [2.05, 4.69) is 20.6 Å². The first kappa shape index (κ1) is 13.1. The molecule has 2 aromatic rings. The predicted octanol–water partition coefficient (Wildman–Crippen LogP) is 0.939. The highest BCUT2D eigenvalue weighted by Crippen LogP contribution is 2.24. The Bertz CT molecular complexity index is 537. The van der Waals surface area contributed by atoms with Gasteiger partial charge < -0.3 is 22.1 Å². The van der Waals surface area contributed by atoms with Crippen molar-refractivity contribution in [1.29, 1.82) is 0 Å². The summed E-state index contributed by atoms with van der Waals surface area (Å²) in [7, 11) is 1.90. The van der Waals surface area contributed by atoms with E-state index >= 15 is 0 Å². The summed E-state index contributed by atoms with van der Waals surface area (Å²) in [4.78, 5) is 8.51. The minimum Gasteiger partial charge on any atom is -0.397 e. The number of nitrogens with one attached hydrogen (secondary N) is 2. The number of likely N-dealkylation sites (N-methyl/N-ethyl adjacent to an activating group) is 1. The lowest BCUT2D eigenvalue weighted by molar-refractivity contribution is 0.817. The first-order valence-corrected chi connectivity index (χ1v) is 6.06. The van der Waals surface area contributed by atoms with Crippen LogP contribution < -0.4 is 22.1 Å². The molecule has 0 amide bonds. The average molecular weight is 258 g/mol. The molecule has 0 aliphatic carbocycles. The van der Waals surface area contributed by atoms with E-state index in [9.17, 15) is 0 Å². The minimum absolute atomic E-state index is 0.564. The van der Waals surface area contributed by atoms with E-state index in [4.69, 9.17) is 11.5 Å². The van der Waals surface area contributed by atoms with E-state index in [0.29, 0.717) is 17.3 Å². The van der Waals surface area contributed by atoms with E-state index in [-0.39, 0.29) is 0 Å². The summed E-state index contributed by atoms with van der Waals surface area (Å²) in [5.74, 6) is 0.613. The number of nitrogens with zero attached hydrogens (tertiary/aromatic N) is 2. The number of hydrogen-bond donors (Lipinski definition) is 4. The maximum Gasteiger partial charge on any atom is 0.222 e. The maximum absolute atomic E-state index is 5.78. The molecular weight excluding hydrogens is 240 g/mol. The van der Waals surface area contributed by atoms with Gasteiger partial charge in [0.1, 0.15) is 0 Å². The van der Waals surface area contributed by atoms with Crippen LogP contribution in [0.25, 0.3) is 11.1 Å². The zero-order valence-corrected chi connectivity index (χ0v) is 10.9. The van der Waals surface area contributed by atoms with Crippen LogP contribution in [0.4, 0.5) is 17.3 Å². The largest absolute Gasteiger partial charge is 0.397 e. The molecule has 1 aromatic heterocycles. The van der Waals surface area contributed by atoms with Crippen molar-refractivity contribution in [3.63, 3.8) is 0 Å². The van der Waals surface area contributed by atoms with Crippen molar-refractivity contribution in [1.82, 2.24) is 15.3 Å². The van der Waals surface area contributed by atoms with Gasteiger partial charge in [0.05, 0.1) is 11.4 Å². The number of nitrogens with two attached hydrogens (primary N) is 2. The first-order chi connectivity index (χ1) is 9.20. The fourth-order valence-electron chi connectivity index (χ4n) is 1.62. The highest BCUT2D eigenvalue weighted by Gasteiger charge is 2.02. The van der Waals surface area contributed by atoms with Crippen molar-refractivity contribution in [2.75, 3.05) is 36.9 Å². The van der Waals surface area contributed by atoms with Gasteiger partial charge in [-0.25, -0.2) is 9.97 Å². The van der Waals surface area contributed by atoms with Crippen molar-refractivity contribution < 1.29 is 0 Å². The van der Waals surface area contributed by atoms with Gasteiger partial charge in [-0.1, -0.05) is 6.07 Å². The van der Waals surface area contributed by atoms with Crippen LogP contribution in [0, 0.1) is 0 Å². The number of nitrogen functional groups attached to an aromatic ring is 2. The zero-order valence-electron chi connectivity index (χ0n) is 10.9. The Balaban J connectivity index is 2.11. The van der Waals surface area contributed by atoms with Gasteiger partial charge in [0.2, 0.25) is 5.95 Å². The molecule has 19 heavy (non-hydrogen) atoms. The minimum atomic E-state index is 0.564. The standard InChI is InChI=1S/C13H18N6/c1-16-4-5-17-13-18-7-10(8-19-13)9-2-3-11(14)12(15)6-9/h2-3,6-8,16H,4-5,14-15H2,1H3,(H,17,18,19). The van der Waals surface area contributed by atoms with E-state index in [1.807, 2.05) is 19.2 Å². The van der Waals surface area contributed by atoms with E-state index in [1.165, 1.54) is 0 Å². The number of anilines is 3. The Morgan fingerprint density at radius 3 is 2.37 bits per heavy atom. The second kappa shape index (κ2) is 6.01. The molecule has 100 valence electrons. The van der Waals surface area contributed by atoms with Crippen LogP contribution in [-0.2, 0) is 0 Å². The number of benzene rings is 1. The Hall–Kier alpha value is -2.34. The van der Waals surface area contributed by atoms with Gasteiger partial charge in [-0.2, -0.15) is 0 Å². The van der Waals surface area contributed by atoms with Crippen molar-refractivity contribution in [3.8, 4) is 11.1 Å². The molecule has 6 N–H and O–H groups in total. The SMILES string of the molecule is CNCCNc1ncc(-c2ccc(N)c(N)c2)cn1. The van der Waals surface area contributed by atoms with Crippen LogP contribution in [0.15, 0.2) is 30.6 Å². The summed E-state index contributed by atoms with van der Waals surface area (Å²) in [6.07, 6.45) is 3.53. The summed E-state index contributed by atoms with van der Waals surface area (Å²) < 4.78 is 0. The summed E-state index contributed by atoms with van der Waals surface area (Å²) in [5.41, 5.74) is 14.5. The monoisotopic (exact) mass is 258 g/mol. The van der Waals surface area contributed by atoms with Gasteiger partial charge in [-0.05, 0) is 24.7 Å². The molecular formula is C13H18N6. The van der Waals surface area contributed by atoms with Crippen LogP contribution in [0.3, 0.4) is 0 Å². The Morgan fingerprint density at radius 1 is 1.00 bits per heavy atom. The highest BCUT2D eigenvalue weighted by molar-refractivity contribution is 5.73. The molecule has 0 unspecified atom stereocenters. The third kappa shape index (κ3) is 3.32. The van der Waals surface area contributed by atoms with Gasteiger partial charge in [0, 0.05) is 31.0 Å². The number of hydrogen-bond acceptors (Lipinski definition) is 6. The Labute approximate surface area is 112 Å². The lowest BCUT2D eigenvalue weighted by atomic mass is 10.1. The van der Waals surface area contributed by atoms with E-state index < -0.39 is 0 Å². The lowest BCUT2D eigenvalue weighted by Crippen LogP contribution is -2.18. The summed E-state index contributed by atoms with van der Waals surface area (Å²) >= 11 is 0. The van der Waals surface area contributed by atoms with Crippen LogP contribution >= 0.6 is 0 Å². The second-order valence-electron chi connectivity index (χ2n) is 4.17. The molecule has 0 spiro atoms. The van der Waals surface area contributed by atoms with Gasteiger partial charge in [0.25, 0.3) is 0 Å². The second-order valence-corrected chi connectivity index (χ2v) is 4.17. The summed E-state index contributed by atoms with van der Waals surface area (Å²) in [6, 6.07) is 5.50.